The molecule has 1 atom stereocenters. The van der Waals surface area contributed by atoms with E-state index in [2.05, 4.69) is 15.0 Å². The van der Waals surface area contributed by atoms with Gasteiger partial charge in [0.2, 0.25) is 12.7 Å². The highest BCUT2D eigenvalue weighted by atomic mass is 16.7. The van der Waals surface area contributed by atoms with E-state index in [1.165, 1.54) is 13.2 Å². The number of nitrogens with one attached hydrogen (secondary N) is 1. The van der Waals surface area contributed by atoms with Gasteiger partial charge in [-0.2, -0.15) is 0 Å². The van der Waals surface area contributed by atoms with Gasteiger partial charge >= 0.3 is 0 Å². The minimum Gasteiger partial charge on any atom is -0.481 e. The number of carbonyl (C=O) groups is 1. The third kappa shape index (κ3) is 3.48. The normalized spacial score (nSPS) is 17.1. The molecule has 1 amide bonds. The maximum atomic E-state index is 13.3. The fraction of sp³-hybridized carbons (Fsp3) is 0.273. The molecule has 31 heavy (non-hydrogen) atoms. The molecule has 9 heteroatoms. The maximum Gasteiger partial charge on any atom is 0.254 e. The molecule has 158 valence electrons. The van der Waals surface area contributed by atoms with E-state index in [4.69, 9.17) is 14.2 Å². The van der Waals surface area contributed by atoms with Crippen LogP contribution in [-0.2, 0) is 0 Å². The Bertz CT molecular complexity index is 1210. The van der Waals surface area contributed by atoms with E-state index < -0.39 is 0 Å². The Labute approximate surface area is 177 Å². The van der Waals surface area contributed by atoms with Crippen LogP contribution in [0.3, 0.4) is 0 Å². The number of methoxy groups -OCH3 is 1. The summed E-state index contributed by atoms with van der Waals surface area (Å²) >= 11 is 0. The number of aromatic nitrogens is 3. The lowest BCUT2D eigenvalue weighted by Gasteiger charge is -2.24. The van der Waals surface area contributed by atoms with Crippen LogP contribution in [0.25, 0.3) is 11.3 Å². The predicted octanol–water partition coefficient (Wildman–Crippen LogP) is 2.55. The van der Waals surface area contributed by atoms with Crippen LogP contribution in [0.4, 0.5) is 0 Å². The van der Waals surface area contributed by atoms with Gasteiger partial charge in [-0.1, -0.05) is 0 Å². The van der Waals surface area contributed by atoms with E-state index in [0.717, 1.165) is 6.42 Å². The SMILES string of the molecule is COc1ncccc1-c1cc(=O)[nH]c([C@@H]2CCCN2C(=O)c2ccc3c(c2)OCO3)n1. The fourth-order valence-electron chi connectivity index (χ4n) is 4.01. The van der Waals surface area contributed by atoms with Crippen molar-refractivity contribution in [1.82, 2.24) is 19.9 Å². The standard InChI is InChI=1S/C22H20N4O5/c1-29-21-14(4-2-8-23-21)15-11-19(27)25-20(24-15)16-5-3-9-26(16)22(28)13-6-7-17-18(10-13)31-12-30-17/h2,4,6-8,10-11,16H,3,5,9,12H2,1H3,(H,24,25,27)/t16-/m0/s1. The molecule has 2 aliphatic rings. The number of fused-ring (bicyclic) bond motifs is 1. The number of amides is 1. The minimum absolute atomic E-state index is 0.146. The van der Waals surface area contributed by atoms with Gasteiger partial charge in [-0.25, -0.2) is 9.97 Å². The van der Waals surface area contributed by atoms with Gasteiger partial charge in [0.25, 0.3) is 11.5 Å². The van der Waals surface area contributed by atoms with Crippen molar-refractivity contribution in [2.45, 2.75) is 18.9 Å². The van der Waals surface area contributed by atoms with Crippen molar-refractivity contribution in [1.29, 1.82) is 0 Å². The van der Waals surface area contributed by atoms with Crippen molar-refractivity contribution in [3.05, 3.63) is 64.3 Å². The summed E-state index contributed by atoms with van der Waals surface area (Å²) in [6.07, 6.45) is 3.12. The molecule has 0 radical (unpaired) electrons. The van der Waals surface area contributed by atoms with Crippen molar-refractivity contribution >= 4 is 5.91 Å². The zero-order valence-electron chi connectivity index (χ0n) is 16.8. The van der Waals surface area contributed by atoms with E-state index in [9.17, 15) is 9.59 Å². The van der Waals surface area contributed by atoms with Gasteiger partial charge in [0.15, 0.2) is 11.5 Å². The first-order valence-corrected chi connectivity index (χ1v) is 9.95. The molecule has 0 saturated carbocycles. The van der Waals surface area contributed by atoms with Crippen molar-refractivity contribution in [2.24, 2.45) is 0 Å². The molecule has 1 N–H and O–H groups in total. The molecule has 2 aliphatic heterocycles. The van der Waals surface area contributed by atoms with E-state index >= 15 is 0 Å². The molecule has 9 nitrogen and oxygen atoms in total. The van der Waals surface area contributed by atoms with E-state index in [1.54, 1.807) is 41.4 Å². The summed E-state index contributed by atoms with van der Waals surface area (Å²) in [7, 11) is 1.52. The molecule has 2 aromatic heterocycles. The van der Waals surface area contributed by atoms with Crippen LogP contribution in [0.5, 0.6) is 17.4 Å². The Morgan fingerprint density at radius 1 is 1.23 bits per heavy atom. The van der Waals surface area contributed by atoms with Gasteiger partial charge in [0.1, 0.15) is 5.82 Å². The van der Waals surface area contributed by atoms with Crippen molar-refractivity contribution < 1.29 is 19.0 Å². The molecule has 1 aromatic carbocycles. The van der Waals surface area contributed by atoms with Gasteiger partial charge in [-0.15, -0.1) is 0 Å². The quantitative estimate of drug-likeness (QED) is 0.691. The molecule has 0 spiro atoms. The third-order valence-corrected chi connectivity index (χ3v) is 5.45. The van der Waals surface area contributed by atoms with Gasteiger partial charge < -0.3 is 24.1 Å². The number of nitrogens with zero attached hydrogens (tertiary/aromatic N) is 3. The van der Waals surface area contributed by atoms with Crippen LogP contribution >= 0.6 is 0 Å². The molecule has 0 aliphatic carbocycles. The average Bonchev–Trinajstić information content (AvgIpc) is 3.47. The Hall–Kier alpha value is -3.88. The lowest BCUT2D eigenvalue weighted by molar-refractivity contribution is 0.0729. The summed E-state index contributed by atoms with van der Waals surface area (Å²) in [5.41, 5.74) is 1.27. The first kappa shape index (κ1) is 19.1. The largest absolute Gasteiger partial charge is 0.481 e. The first-order valence-electron chi connectivity index (χ1n) is 9.95. The zero-order valence-corrected chi connectivity index (χ0v) is 16.8. The number of hydrogen-bond acceptors (Lipinski definition) is 7. The molecule has 0 unspecified atom stereocenters. The number of hydrogen-bond donors (Lipinski definition) is 1. The first-order chi connectivity index (χ1) is 15.1. The van der Waals surface area contributed by atoms with Gasteiger partial charge in [0.05, 0.1) is 24.4 Å². The fourth-order valence-corrected chi connectivity index (χ4v) is 4.01. The zero-order chi connectivity index (χ0) is 21.4. The van der Waals surface area contributed by atoms with Crippen LogP contribution < -0.4 is 19.8 Å². The van der Waals surface area contributed by atoms with Crippen molar-refractivity contribution in [3.63, 3.8) is 0 Å². The highest BCUT2D eigenvalue weighted by Crippen LogP contribution is 2.36. The number of aromatic amines is 1. The number of pyridine rings is 1. The van der Waals surface area contributed by atoms with E-state index in [1.807, 2.05) is 0 Å². The lowest BCUT2D eigenvalue weighted by atomic mass is 10.1. The number of ether oxygens (including phenoxy) is 3. The second-order valence-electron chi connectivity index (χ2n) is 7.30. The van der Waals surface area contributed by atoms with Gasteiger partial charge in [0, 0.05) is 24.4 Å². The highest BCUT2D eigenvalue weighted by molar-refractivity contribution is 5.95. The second kappa shape index (κ2) is 7.75. The highest BCUT2D eigenvalue weighted by Gasteiger charge is 2.33. The van der Waals surface area contributed by atoms with Gasteiger partial charge in [-0.05, 0) is 43.2 Å². The maximum absolute atomic E-state index is 13.3. The smallest absolute Gasteiger partial charge is 0.254 e. The number of H-pyrrole nitrogens is 1. The van der Waals surface area contributed by atoms with Crippen LogP contribution in [-0.4, -0.2) is 46.2 Å². The van der Waals surface area contributed by atoms with Crippen LogP contribution in [0.1, 0.15) is 35.1 Å². The summed E-state index contributed by atoms with van der Waals surface area (Å²) in [6, 6.07) is 9.75. The van der Waals surface area contributed by atoms with Crippen LogP contribution in [0.15, 0.2) is 47.4 Å². The molecule has 0 bridgehead atoms. The molecule has 1 saturated heterocycles. The Morgan fingerprint density at radius 3 is 2.97 bits per heavy atom. The number of rotatable bonds is 4. The summed E-state index contributed by atoms with van der Waals surface area (Å²) in [4.78, 5) is 39.1. The minimum atomic E-state index is -0.340. The van der Waals surface area contributed by atoms with Crippen molar-refractivity contribution in [2.75, 3.05) is 20.4 Å². The van der Waals surface area contributed by atoms with Crippen LogP contribution in [0.2, 0.25) is 0 Å². The summed E-state index contributed by atoms with van der Waals surface area (Å²) in [5.74, 6) is 1.86. The second-order valence-corrected chi connectivity index (χ2v) is 7.30. The summed E-state index contributed by atoms with van der Waals surface area (Å²) in [6.45, 7) is 0.719. The number of likely N-dealkylation sites (tertiary alicyclic amines) is 1. The third-order valence-electron chi connectivity index (χ3n) is 5.45. The Balaban J connectivity index is 1.49. The van der Waals surface area contributed by atoms with Gasteiger partial charge in [-0.3, -0.25) is 9.59 Å². The predicted molar refractivity (Wildman–Crippen MR) is 110 cm³/mol. The Kier molecular flexibility index (Phi) is 4.78. The lowest BCUT2D eigenvalue weighted by Crippen LogP contribution is -2.32. The number of carbonyl (C=O) groups excluding carboxylic acids is 1. The monoisotopic (exact) mass is 420 g/mol. The van der Waals surface area contributed by atoms with Crippen molar-refractivity contribution in [3.8, 4) is 28.6 Å². The average molecular weight is 420 g/mol. The molecular formula is C22H20N4O5. The molecule has 4 heterocycles. The van der Waals surface area contributed by atoms with E-state index in [0.29, 0.717) is 53.0 Å². The summed E-state index contributed by atoms with van der Waals surface area (Å²) in [5, 5.41) is 0. The number of benzene rings is 1. The topological polar surface area (TPSA) is 107 Å². The molecule has 3 aromatic rings. The summed E-state index contributed by atoms with van der Waals surface area (Å²) < 4.78 is 16.0. The Morgan fingerprint density at radius 2 is 2.10 bits per heavy atom. The molecule has 5 rings (SSSR count). The van der Waals surface area contributed by atoms with E-state index in [-0.39, 0.29) is 24.3 Å². The van der Waals surface area contributed by atoms with Crippen LogP contribution in [0, 0.1) is 0 Å². The molecular weight excluding hydrogens is 400 g/mol. The molecule has 1 fully saturated rings.